The van der Waals surface area contributed by atoms with Gasteiger partial charge in [0.2, 0.25) is 0 Å². The number of esters is 1. The van der Waals surface area contributed by atoms with Crippen LogP contribution in [0.15, 0.2) is 0 Å². The van der Waals surface area contributed by atoms with Crippen LogP contribution in [0.2, 0.25) is 0 Å². The Morgan fingerprint density at radius 2 is 1.26 bits per heavy atom. The van der Waals surface area contributed by atoms with Crippen molar-refractivity contribution in [1.82, 2.24) is 5.32 Å². The third-order valence-corrected chi connectivity index (χ3v) is 10.6. The highest BCUT2D eigenvalue weighted by Crippen LogP contribution is 2.58. The number of carbonyl (C=O) groups is 1. The van der Waals surface area contributed by atoms with E-state index in [1.54, 1.807) is 0 Å². The molecule has 3 nitrogen and oxygen atoms in total. The Labute approximate surface area is 237 Å². The van der Waals surface area contributed by atoms with Crippen LogP contribution < -0.4 is 5.32 Å². The number of hydrogen-bond acceptors (Lipinski definition) is 3. The van der Waals surface area contributed by atoms with Crippen LogP contribution in [0.25, 0.3) is 0 Å². The Morgan fingerprint density at radius 3 is 1.84 bits per heavy atom. The van der Waals surface area contributed by atoms with Crippen LogP contribution in [0, 0.1) is 11.3 Å². The molecular formula is C35H65NO2. The zero-order valence-corrected chi connectivity index (χ0v) is 25.6. The number of piperidine rings is 1. The Bertz CT molecular complexity index is 599. The first kappa shape index (κ1) is 32.0. The van der Waals surface area contributed by atoms with Gasteiger partial charge in [0.15, 0.2) is 0 Å². The second-order valence-corrected chi connectivity index (χ2v) is 13.7. The molecule has 3 fully saturated rings. The van der Waals surface area contributed by atoms with Crippen molar-refractivity contribution in [2.45, 2.75) is 192 Å². The van der Waals surface area contributed by atoms with Crippen LogP contribution >= 0.6 is 0 Å². The molecule has 3 rings (SSSR count). The zero-order valence-electron chi connectivity index (χ0n) is 25.6. The number of ether oxygens (including phenoxy) is 1. The van der Waals surface area contributed by atoms with E-state index < -0.39 is 0 Å². The van der Waals surface area contributed by atoms with Gasteiger partial charge in [-0.25, -0.2) is 0 Å². The highest BCUT2D eigenvalue weighted by atomic mass is 16.5. The lowest BCUT2D eigenvalue weighted by atomic mass is 9.68. The van der Waals surface area contributed by atoms with E-state index in [4.69, 9.17) is 4.74 Å². The average molecular weight is 532 g/mol. The summed E-state index contributed by atoms with van der Waals surface area (Å²) in [6.45, 7) is 4.12. The molecule has 1 aliphatic heterocycles. The van der Waals surface area contributed by atoms with Crippen LogP contribution in [0.1, 0.15) is 187 Å². The minimum atomic E-state index is 0.0711. The summed E-state index contributed by atoms with van der Waals surface area (Å²) in [5.74, 6) is 0.766. The second-order valence-electron chi connectivity index (χ2n) is 13.7. The Kier molecular flexibility index (Phi) is 15.7. The normalized spacial score (nSPS) is 26.7. The largest absolute Gasteiger partial charge is 0.466 e. The lowest BCUT2D eigenvalue weighted by Crippen LogP contribution is -2.47. The number of carbonyl (C=O) groups excluding carboxylic acids is 1. The lowest BCUT2D eigenvalue weighted by molar-refractivity contribution is -0.144. The molecular weight excluding hydrogens is 466 g/mol. The molecule has 222 valence electrons. The molecule has 0 aromatic carbocycles. The maximum absolute atomic E-state index is 12.8. The minimum Gasteiger partial charge on any atom is -0.466 e. The summed E-state index contributed by atoms with van der Waals surface area (Å²) in [6, 6.07) is 0. The van der Waals surface area contributed by atoms with Gasteiger partial charge in [-0.05, 0) is 69.2 Å². The first-order valence-corrected chi connectivity index (χ1v) is 17.6. The third-order valence-electron chi connectivity index (χ3n) is 10.6. The average Bonchev–Trinajstić information content (AvgIpc) is 3.20. The number of unbranched alkanes of at least 4 members (excludes halogenated alkanes) is 9. The van der Waals surface area contributed by atoms with Gasteiger partial charge >= 0.3 is 5.97 Å². The van der Waals surface area contributed by atoms with E-state index >= 15 is 0 Å². The molecule has 3 heteroatoms. The summed E-state index contributed by atoms with van der Waals surface area (Å²) < 4.78 is 5.74. The molecule has 0 radical (unpaired) electrons. The van der Waals surface area contributed by atoms with E-state index in [0.717, 1.165) is 12.8 Å². The molecule has 2 spiro atoms. The van der Waals surface area contributed by atoms with Crippen molar-refractivity contribution >= 4 is 5.97 Å². The third kappa shape index (κ3) is 11.5. The van der Waals surface area contributed by atoms with Crippen molar-refractivity contribution in [1.29, 1.82) is 0 Å². The summed E-state index contributed by atoms with van der Waals surface area (Å²) in [5.41, 5.74) is 0.820. The molecule has 38 heavy (non-hydrogen) atoms. The molecule has 2 unspecified atom stereocenters. The Balaban J connectivity index is 1.41. The fourth-order valence-corrected chi connectivity index (χ4v) is 8.38. The summed E-state index contributed by atoms with van der Waals surface area (Å²) in [5, 5.41) is 4.03. The molecule has 1 heterocycles. The SMILES string of the molecule is CCCCCCCCCCCCOC(=O)CCC1CC2(CCCCN2)CC12CCCCCCCCCCC2. The van der Waals surface area contributed by atoms with Crippen LogP contribution in [-0.4, -0.2) is 24.7 Å². The van der Waals surface area contributed by atoms with Crippen molar-refractivity contribution in [3.63, 3.8) is 0 Å². The van der Waals surface area contributed by atoms with Crippen molar-refractivity contribution in [3.05, 3.63) is 0 Å². The molecule has 0 bridgehead atoms. The molecule has 3 aliphatic rings. The highest BCUT2D eigenvalue weighted by molar-refractivity contribution is 5.69. The molecule has 1 N–H and O–H groups in total. The summed E-state index contributed by atoms with van der Waals surface area (Å²) >= 11 is 0. The van der Waals surface area contributed by atoms with Crippen molar-refractivity contribution in [2.24, 2.45) is 11.3 Å². The van der Waals surface area contributed by atoms with Crippen LogP contribution in [-0.2, 0) is 9.53 Å². The summed E-state index contributed by atoms with van der Waals surface area (Å²) in [6.07, 6.45) is 37.3. The topological polar surface area (TPSA) is 38.3 Å². The van der Waals surface area contributed by atoms with Gasteiger partial charge in [-0.2, -0.15) is 0 Å². The molecule has 2 aliphatic carbocycles. The Morgan fingerprint density at radius 1 is 0.711 bits per heavy atom. The maximum Gasteiger partial charge on any atom is 0.305 e. The quantitative estimate of drug-likeness (QED) is 0.179. The zero-order chi connectivity index (χ0) is 26.8. The van der Waals surface area contributed by atoms with Gasteiger partial charge in [-0.1, -0.05) is 129 Å². The predicted molar refractivity (Wildman–Crippen MR) is 163 cm³/mol. The summed E-state index contributed by atoms with van der Waals surface area (Å²) in [7, 11) is 0. The van der Waals surface area contributed by atoms with Gasteiger partial charge < -0.3 is 10.1 Å². The smallest absolute Gasteiger partial charge is 0.305 e. The molecule has 1 saturated heterocycles. The van der Waals surface area contributed by atoms with E-state index in [1.165, 1.54) is 167 Å². The fourth-order valence-electron chi connectivity index (χ4n) is 8.38. The lowest BCUT2D eigenvalue weighted by Gasteiger charge is -2.39. The molecule has 2 atom stereocenters. The number of nitrogens with one attached hydrogen (secondary N) is 1. The van der Waals surface area contributed by atoms with E-state index in [-0.39, 0.29) is 5.97 Å². The van der Waals surface area contributed by atoms with Crippen molar-refractivity contribution in [3.8, 4) is 0 Å². The van der Waals surface area contributed by atoms with Crippen molar-refractivity contribution in [2.75, 3.05) is 13.2 Å². The Hall–Kier alpha value is -0.570. The van der Waals surface area contributed by atoms with Gasteiger partial charge in [0.25, 0.3) is 0 Å². The van der Waals surface area contributed by atoms with Crippen molar-refractivity contribution < 1.29 is 9.53 Å². The maximum atomic E-state index is 12.8. The van der Waals surface area contributed by atoms with E-state index in [0.29, 0.717) is 29.9 Å². The predicted octanol–water partition coefficient (Wildman–Crippen LogP) is 10.4. The van der Waals surface area contributed by atoms with Gasteiger partial charge in [0, 0.05) is 12.0 Å². The van der Waals surface area contributed by atoms with Gasteiger partial charge in [-0.3, -0.25) is 4.79 Å². The molecule has 0 aromatic rings. The fraction of sp³-hybridized carbons (Fsp3) is 0.971. The van der Waals surface area contributed by atoms with Gasteiger partial charge in [0.05, 0.1) is 6.61 Å². The standard InChI is InChI=1S/C35H65NO2/c1-2-3-4-5-6-7-11-14-17-22-29-38-33(37)24-23-32-30-35(27-20-21-28-36-35)31-34(32)25-18-15-12-9-8-10-13-16-19-26-34/h32,36H,2-31H2,1H3. The first-order valence-electron chi connectivity index (χ1n) is 17.6. The number of hydrogen-bond donors (Lipinski definition) is 1. The highest BCUT2D eigenvalue weighted by Gasteiger charge is 2.53. The van der Waals surface area contributed by atoms with E-state index in [9.17, 15) is 4.79 Å². The van der Waals surface area contributed by atoms with Crippen LogP contribution in [0.3, 0.4) is 0 Å². The second kappa shape index (κ2) is 18.7. The van der Waals surface area contributed by atoms with Gasteiger partial charge in [0.1, 0.15) is 0 Å². The van der Waals surface area contributed by atoms with Crippen LogP contribution in [0.5, 0.6) is 0 Å². The first-order chi connectivity index (χ1) is 18.7. The van der Waals surface area contributed by atoms with E-state index in [2.05, 4.69) is 12.2 Å². The number of rotatable bonds is 14. The summed E-state index contributed by atoms with van der Waals surface area (Å²) in [4.78, 5) is 12.8. The molecule has 0 amide bonds. The monoisotopic (exact) mass is 532 g/mol. The van der Waals surface area contributed by atoms with Gasteiger partial charge in [-0.15, -0.1) is 0 Å². The van der Waals surface area contributed by atoms with E-state index in [1.807, 2.05) is 0 Å². The molecule has 2 saturated carbocycles. The minimum absolute atomic E-state index is 0.0711. The van der Waals surface area contributed by atoms with Crippen LogP contribution in [0.4, 0.5) is 0 Å². The molecule has 0 aromatic heterocycles.